The van der Waals surface area contributed by atoms with Crippen molar-refractivity contribution in [2.75, 3.05) is 32.8 Å². The number of morpholine rings is 1. The predicted octanol–water partition coefficient (Wildman–Crippen LogP) is 4.16. The topological polar surface area (TPSA) is 38.8 Å². The molecule has 0 amide bonds. The first-order valence-corrected chi connectivity index (χ1v) is 9.64. The summed E-state index contributed by atoms with van der Waals surface area (Å²) in [5, 5.41) is 0. The average molecular weight is 362 g/mol. The van der Waals surface area contributed by atoms with Crippen LogP contribution in [0.4, 0.5) is 0 Å². The second-order valence-corrected chi connectivity index (χ2v) is 9.43. The van der Waals surface area contributed by atoms with Gasteiger partial charge in [0, 0.05) is 19.6 Å². The molecule has 0 bridgehead atoms. The Hall–Kier alpha value is -1.39. The summed E-state index contributed by atoms with van der Waals surface area (Å²) in [7, 11) is 0. The van der Waals surface area contributed by atoms with Gasteiger partial charge < -0.3 is 9.47 Å². The lowest BCUT2D eigenvalue weighted by molar-refractivity contribution is 0.000432. The lowest BCUT2D eigenvalue weighted by atomic mass is 9.79. The molecule has 0 aliphatic carbocycles. The molecule has 2 rings (SSSR count). The van der Waals surface area contributed by atoms with Crippen molar-refractivity contribution in [2.24, 2.45) is 0 Å². The van der Waals surface area contributed by atoms with Crippen LogP contribution >= 0.6 is 0 Å². The van der Waals surface area contributed by atoms with Gasteiger partial charge in [0.05, 0.1) is 18.8 Å². The van der Waals surface area contributed by atoms with Gasteiger partial charge in [-0.1, -0.05) is 47.6 Å². The van der Waals surface area contributed by atoms with Crippen molar-refractivity contribution in [3.63, 3.8) is 0 Å². The first-order valence-electron chi connectivity index (χ1n) is 9.64. The predicted molar refractivity (Wildman–Crippen MR) is 106 cm³/mol. The fourth-order valence-electron chi connectivity index (χ4n) is 3.05. The third kappa shape index (κ3) is 5.82. The minimum atomic E-state index is -0.234. The zero-order valence-electron chi connectivity index (χ0n) is 17.5. The molecule has 1 aromatic rings. The number of nitrogens with zero attached hydrogens (tertiary/aromatic N) is 1. The van der Waals surface area contributed by atoms with E-state index in [0.717, 1.165) is 44.0 Å². The van der Waals surface area contributed by atoms with Crippen LogP contribution in [-0.4, -0.2) is 49.8 Å². The molecule has 146 valence electrons. The molecule has 1 saturated heterocycles. The summed E-state index contributed by atoms with van der Waals surface area (Å²) in [5.74, 6) is -0.234. The van der Waals surface area contributed by atoms with Crippen molar-refractivity contribution in [1.82, 2.24) is 4.90 Å². The van der Waals surface area contributed by atoms with Gasteiger partial charge in [0.25, 0.3) is 0 Å². The van der Waals surface area contributed by atoms with Gasteiger partial charge in [0.1, 0.15) is 6.10 Å². The molecule has 4 nitrogen and oxygen atoms in total. The van der Waals surface area contributed by atoms with Crippen LogP contribution in [0, 0.1) is 0 Å². The fraction of sp³-hybridized carbons (Fsp3) is 0.682. The summed E-state index contributed by atoms with van der Waals surface area (Å²) in [5.41, 5.74) is 2.94. The van der Waals surface area contributed by atoms with Crippen LogP contribution in [0.3, 0.4) is 0 Å². The standard InChI is InChI=1S/C22H35NO3/c1-16(15-23-8-10-25-11-9-23)26-20(24)17-12-18(21(2,3)4)14-19(13-17)22(5,6)7/h12-14,16H,8-11,15H2,1-7H3. The van der Waals surface area contributed by atoms with Crippen molar-refractivity contribution in [2.45, 2.75) is 65.4 Å². The van der Waals surface area contributed by atoms with Crippen LogP contribution in [0.25, 0.3) is 0 Å². The summed E-state index contributed by atoms with van der Waals surface area (Å²) in [6.07, 6.45) is -0.142. The highest BCUT2D eigenvalue weighted by molar-refractivity contribution is 5.90. The van der Waals surface area contributed by atoms with E-state index in [4.69, 9.17) is 9.47 Å². The van der Waals surface area contributed by atoms with E-state index < -0.39 is 0 Å². The van der Waals surface area contributed by atoms with Gasteiger partial charge in [0.15, 0.2) is 0 Å². The van der Waals surface area contributed by atoms with E-state index in [2.05, 4.69) is 52.5 Å². The molecule has 1 heterocycles. The molecule has 0 spiro atoms. The highest BCUT2D eigenvalue weighted by Gasteiger charge is 2.24. The van der Waals surface area contributed by atoms with E-state index in [1.807, 2.05) is 19.1 Å². The Kier molecular flexibility index (Phi) is 6.51. The Bertz CT molecular complexity index is 587. The lowest BCUT2D eigenvalue weighted by Gasteiger charge is -2.29. The Morgan fingerprint density at radius 2 is 1.54 bits per heavy atom. The van der Waals surface area contributed by atoms with Gasteiger partial charge >= 0.3 is 5.97 Å². The van der Waals surface area contributed by atoms with E-state index in [1.165, 1.54) is 0 Å². The maximum Gasteiger partial charge on any atom is 0.338 e. The van der Waals surface area contributed by atoms with Crippen molar-refractivity contribution in [3.05, 3.63) is 34.9 Å². The molecule has 0 saturated carbocycles. The normalized spacial score (nSPS) is 17.8. The van der Waals surface area contributed by atoms with E-state index in [0.29, 0.717) is 5.56 Å². The molecule has 0 N–H and O–H groups in total. The number of esters is 1. The Morgan fingerprint density at radius 3 is 2.00 bits per heavy atom. The van der Waals surface area contributed by atoms with Crippen molar-refractivity contribution in [3.8, 4) is 0 Å². The van der Waals surface area contributed by atoms with E-state index >= 15 is 0 Å². The highest BCUT2D eigenvalue weighted by Crippen LogP contribution is 2.30. The summed E-state index contributed by atoms with van der Waals surface area (Å²) >= 11 is 0. The number of carbonyl (C=O) groups is 1. The first-order chi connectivity index (χ1) is 12.0. The Morgan fingerprint density at radius 1 is 1.04 bits per heavy atom. The minimum Gasteiger partial charge on any atom is -0.458 e. The lowest BCUT2D eigenvalue weighted by Crippen LogP contribution is -2.41. The van der Waals surface area contributed by atoms with Gasteiger partial charge in [0.2, 0.25) is 0 Å². The van der Waals surface area contributed by atoms with Gasteiger partial charge in [-0.2, -0.15) is 0 Å². The molecule has 0 radical (unpaired) electrons. The number of rotatable bonds is 4. The fourth-order valence-corrected chi connectivity index (χ4v) is 3.05. The summed E-state index contributed by atoms with van der Waals surface area (Å²) in [6, 6.07) is 6.19. The molecule has 1 atom stereocenters. The van der Waals surface area contributed by atoms with Crippen LogP contribution in [0.5, 0.6) is 0 Å². The van der Waals surface area contributed by atoms with Crippen LogP contribution in [0.1, 0.15) is 70.0 Å². The molecular weight excluding hydrogens is 326 g/mol. The third-order valence-corrected chi connectivity index (χ3v) is 4.83. The summed E-state index contributed by atoms with van der Waals surface area (Å²) in [4.78, 5) is 15.1. The van der Waals surface area contributed by atoms with Crippen LogP contribution < -0.4 is 0 Å². The zero-order chi connectivity index (χ0) is 19.5. The zero-order valence-corrected chi connectivity index (χ0v) is 17.5. The molecule has 1 aliphatic heterocycles. The van der Waals surface area contributed by atoms with E-state index in [9.17, 15) is 4.79 Å². The average Bonchev–Trinajstić information content (AvgIpc) is 2.53. The molecule has 26 heavy (non-hydrogen) atoms. The van der Waals surface area contributed by atoms with Crippen LogP contribution in [-0.2, 0) is 20.3 Å². The smallest absolute Gasteiger partial charge is 0.338 e. The molecule has 1 aromatic carbocycles. The van der Waals surface area contributed by atoms with Crippen molar-refractivity contribution in [1.29, 1.82) is 0 Å². The van der Waals surface area contributed by atoms with Gasteiger partial charge in [-0.05, 0) is 41.0 Å². The van der Waals surface area contributed by atoms with Gasteiger partial charge in [-0.25, -0.2) is 4.79 Å². The quantitative estimate of drug-likeness (QED) is 0.755. The molecule has 0 aromatic heterocycles. The van der Waals surface area contributed by atoms with Gasteiger partial charge in [-0.3, -0.25) is 4.90 Å². The third-order valence-electron chi connectivity index (χ3n) is 4.83. The second-order valence-electron chi connectivity index (χ2n) is 9.43. The van der Waals surface area contributed by atoms with Crippen LogP contribution in [0.2, 0.25) is 0 Å². The van der Waals surface area contributed by atoms with Crippen LogP contribution in [0.15, 0.2) is 18.2 Å². The summed E-state index contributed by atoms with van der Waals surface area (Å²) in [6.45, 7) is 19.0. The maximum atomic E-state index is 12.8. The second kappa shape index (κ2) is 8.10. The van der Waals surface area contributed by atoms with Crippen molar-refractivity contribution < 1.29 is 14.3 Å². The minimum absolute atomic E-state index is 0.0181. The Balaban J connectivity index is 2.16. The molecule has 4 heteroatoms. The molecule has 1 unspecified atom stereocenters. The van der Waals surface area contributed by atoms with Crippen molar-refractivity contribution >= 4 is 5.97 Å². The van der Waals surface area contributed by atoms with E-state index in [-0.39, 0.29) is 22.9 Å². The van der Waals surface area contributed by atoms with Gasteiger partial charge in [-0.15, -0.1) is 0 Å². The molecular formula is C22H35NO3. The number of benzene rings is 1. The monoisotopic (exact) mass is 361 g/mol. The number of hydrogen-bond acceptors (Lipinski definition) is 4. The molecule has 1 fully saturated rings. The maximum absolute atomic E-state index is 12.8. The highest BCUT2D eigenvalue weighted by atomic mass is 16.5. The first kappa shape index (κ1) is 20.9. The number of carbonyl (C=O) groups excluding carboxylic acids is 1. The van der Waals surface area contributed by atoms with E-state index in [1.54, 1.807) is 0 Å². The largest absolute Gasteiger partial charge is 0.458 e. The Labute approximate surface area is 158 Å². The summed E-state index contributed by atoms with van der Waals surface area (Å²) < 4.78 is 11.1. The molecule has 1 aliphatic rings. The SMILES string of the molecule is CC(CN1CCOCC1)OC(=O)c1cc(C(C)(C)C)cc(C(C)(C)C)c1. The number of ether oxygens (including phenoxy) is 2. The number of hydrogen-bond donors (Lipinski definition) is 0.